The molecule has 1 N–H and O–H groups in total. The third kappa shape index (κ3) is 2.02. The molecule has 2 aromatic carbocycles. The normalized spacial score (nSPS) is 17.4. The van der Waals surface area contributed by atoms with Gasteiger partial charge in [-0.3, -0.25) is 0 Å². The third-order valence-corrected chi connectivity index (χ3v) is 3.92. The molecule has 0 aromatic heterocycles. The lowest BCUT2D eigenvalue weighted by molar-refractivity contribution is 0.440. The quantitative estimate of drug-likeness (QED) is 0.753. The maximum atomic E-state index is 9.84. The molecular weight excluding hydrogens is 208 g/mol. The molecule has 1 saturated carbocycles. The smallest absolute Gasteiger partial charge is 0.116 e. The van der Waals surface area contributed by atoms with Crippen molar-refractivity contribution < 1.29 is 5.11 Å². The van der Waals surface area contributed by atoms with E-state index < -0.39 is 0 Å². The fraction of sp³-hybridized carbons (Fsp3) is 0.375. The highest BCUT2D eigenvalue weighted by atomic mass is 16.3. The minimum Gasteiger partial charge on any atom is -0.508 e. The molecule has 1 fully saturated rings. The molecule has 1 heteroatoms. The summed E-state index contributed by atoms with van der Waals surface area (Å²) in [5.41, 5.74) is 1.35. The van der Waals surface area contributed by atoms with Gasteiger partial charge in [0.15, 0.2) is 0 Å². The predicted molar refractivity (Wildman–Crippen MR) is 71.4 cm³/mol. The Hall–Kier alpha value is -1.50. The molecule has 0 atom stereocenters. The molecule has 0 saturated heterocycles. The van der Waals surface area contributed by atoms with Gasteiger partial charge in [0, 0.05) is 0 Å². The minimum absolute atomic E-state index is 0.407. The van der Waals surface area contributed by atoms with Crippen molar-refractivity contribution in [3.05, 3.63) is 42.0 Å². The van der Waals surface area contributed by atoms with Crippen molar-refractivity contribution in [2.75, 3.05) is 0 Å². The second-order valence-corrected chi connectivity index (χ2v) is 5.09. The molecule has 0 unspecified atom stereocenters. The number of phenolic OH excluding ortho intramolecular Hbond substituents is 1. The van der Waals surface area contributed by atoms with E-state index in [0.29, 0.717) is 11.7 Å². The molecule has 0 amide bonds. The van der Waals surface area contributed by atoms with E-state index in [1.165, 1.54) is 43.1 Å². The zero-order valence-electron chi connectivity index (χ0n) is 10.0. The molecule has 3 rings (SSSR count). The first-order valence-electron chi connectivity index (χ1n) is 6.56. The van der Waals surface area contributed by atoms with Crippen LogP contribution < -0.4 is 0 Å². The Kier molecular flexibility index (Phi) is 2.76. The summed E-state index contributed by atoms with van der Waals surface area (Å²) in [7, 11) is 0. The van der Waals surface area contributed by atoms with Gasteiger partial charge in [-0.15, -0.1) is 0 Å². The van der Waals surface area contributed by atoms with Crippen LogP contribution in [0.3, 0.4) is 0 Å². The van der Waals surface area contributed by atoms with Crippen molar-refractivity contribution in [1.29, 1.82) is 0 Å². The van der Waals surface area contributed by atoms with Gasteiger partial charge in [0.2, 0.25) is 0 Å². The summed E-state index contributed by atoms with van der Waals surface area (Å²) in [5.74, 6) is 1.05. The van der Waals surface area contributed by atoms with Gasteiger partial charge in [0.05, 0.1) is 0 Å². The van der Waals surface area contributed by atoms with Gasteiger partial charge in [-0.1, -0.05) is 43.5 Å². The third-order valence-electron chi connectivity index (χ3n) is 3.92. The Morgan fingerprint density at radius 2 is 1.71 bits per heavy atom. The van der Waals surface area contributed by atoms with Crippen LogP contribution >= 0.6 is 0 Å². The summed E-state index contributed by atoms with van der Waals surface area (Å²) in [6, 6.07) is 12.2. The Morgan fingerprint density at radius 3 is 2.53 bits per heavy atom. The van der Waals surface area contributed by atoms with E-state index in [2.05, 4.69) is 18.2 Å². The average molecular weight is 226 g/mol. The minimum atomic E-state index is 0.407. The van der Waals surface area contributed by atoms with Gasteiger partial charge in [-0.25, -0.2) is 0 Å². The molecule has 0 heterocycles. The summed E-state index contributed by atoms with van der Waals surface area (Å²) in [5, 5.41) is 12.3. The highest BCUT2D eigenvalue weighted by molar-refractivity contribution is 5.87. The van der Waals surface area contributed by atoms with Gasteiger partial charge in [-0.05, 0) is 47.2 Å². The molecule has 0 spiro atoms. The van der Waals surface area contributed by atoms with E-state index in [0.717, 1.165) is 5.39 Å². The van der Waals surface area contributed by atoms with Crippen LogP contribution in [0.5, 0.6) is 5.75 Å². The van der Waals surface area contributed by atoms with Crippen molar-refractivity contribution in [3.63, 3.8) is 0 Å². The Morgan fingerprint density at radius 1 is 0.941 bits per heavy atom. The van der Waals surface area contributed by atoms with Gasteiger partial charge in [0.25, 0.3) is 0 Å². The standard InChI is InChI=1S/C16H18O/c17-14-10-13-8-4-5-9-15(13)16(11-14)12-6-2-1-3-7-12/h4-5,8-12,17H,1-3,6-7H2. The lowest BCUT2D eigenvalue weighted by Gasteiger charge is -2.23. The van der Waals surface area contributed by atoms with Crippen molar-refractivity contribution in [2.24, 2.45) is 0 Å². The molecule has 0 aliphatic heterocycles. The number of phenols is 1. The molecule has 0 radical (unpaired) electrons. The van der Waals surface area contributed by atoms with Crippen molar-refractivity contribution in [1.82, 2.24) is 0 Å². The first-order valence-corrected chi connectivity index (χ1v) is 6.56. The lowest BCUT2D eigenvalue weighted by Crippen LogP contribution is -2.04. The van der Waals surface area contributed by atoms with Crippen LogP contribution in [0.1, 0.15) is 43.6 Å². The highest BCUT2D eigenvalue weighted by Gasteiger charge is 2.18. The maximum absolute atomic E-state index is 9.84. The monoisotopic (exact) mass is 226 g/mol. The number of hydrogen-bond acceptors (Lipinski definition) is 1. The lowest BCUT2D eigenvalue weighted by atomic mass is 9.82. The second kappa shape index (κ2) is 4.40. The summed E-state index contributed by atoms with van der Waals surface area (Å²) in [6.07, 6.45) is 6.57. The average Bonchev–Trinajstić information content (AvgIpc) is 2.39. The number of benzene rings is 2. The summed E-state index contributed by atoms with van der Waals surface area (Å²) < 4.78 is 0. The summed E-state index contributed by atoms with van der Waals surface area (Å²) in [4.78, 5) is 0. The fourth-order valence-electron chi connectivity index (χ4n) is 3.08. The Bertz CT molecular complexity index is 524. The maximum Gasteiger partial charge on any atom is 0.116 e. The highest BCUT2D eigenvalue weighted by Crippen LogP contribution is 2.38. The van der Waals surface area contributed by atoms with Crippen LogP contribution in [-0.2, 0) is 0 Å². The molecule has 2 aromatic rings. The SMILES string of the molecule is Oc1cc(C2CCCCC2)c2ccccc2c1. The zero-order valence-corrected chi connectivity index (χ0v) is 10.0. The zero-order chi connectivity index (χ0) is 11.7. The molecule has 0 bridgehead atoms. The van der Waals surface area contributed by atoms with Gasteiger partial charge in [0.1, 0.15) is 5.75 Å². The fourth-order valence-corrected chi connectivity index (χ4v) is 3.08. The first kappa shape index (κ1) is 10.6. The summed E-state index contributed by atoms with van der Waals surface area (Å²) in [6.45, 7) is 0. The van der Waals surface area contributed by atoms with E-state index in [1.807, 2.05) is 18.2 Å². The number of aromatic hydroxyl groups is 1. The number of fused-ring (bicyclic) bond motifs is 1. The second-order valence-electron chi connectivity index (χ2n) is 5.09. The first-order chi connectivity index (χ1) is 8.34. The largest absolute Gasteiger partial charge is 0.508 e. The van der Waals surface area contributed by atoms with Crippen molar-refractivity contribution in [2.45, 2.75) is 38.0 Å². The van der Waals surface area contributed by atoms with E-state index >= 15 is 0 Å². The van der Waals surface area contributed by atoms with Crippen LogP contribution in [0.15, 0.2) is 36.4 Å². The van der Waals surface area contributed by atoms with Crippen molar-refractivity contribution in [3.8, 4) is 5.75 Å². The van der Waals surface area contributed by atoms with Gasteiger partial charge < -0.3 is 5.11 Å². The predicted octanol–water partition coefficient (Wildman–Crippen LogP) is 4.59. The van der Waals surface area contributed by atoms with E-state index in [9.17, 15) is 5.11 Å². The van der Waals surface area contributed by atoms with E-state index in [4.69, 9.17) is 0 Å². The van der Waals surface area contributed by atoms with E-state index in [-0.39, 0.29) is 0 Å². The number of hydrogen-bond donors (Lipinski definition) is 1. The molecule has 88 valence electrons. The summed E-state index contributed by atoms with van der Waals surface area (Å²) >= 11 is 0. The molecule has 1 nitrogen and oxygen atoms in total. The van der Waals surface area contributed by atoms with Crippen LogP contribution in [0, 0.1) is 0 Å². The van der Waals surface area contributed by atoms with Crippen LogP contribution in [0.4, 0.5) is 0 Å². The van der Waals surface area contributed by atoms with Crippen molar-refractivity contribution >= 4 is 10.8 Å². The van der Waals surface area contributed by atoms with Crippen LogP contribution in [0.25, 0.3) is 10.8 Å². The van der Waals surface area contributed by atoms with Gasteiger partial charge in [-0.2, -0.15) is 0 Å². The van der Waals surface area contributed by atoms with Gasteiger partial charge >= 0.3 is 0 Å². The molecule has 17 heavy (non-hydrogen) atoms. The molecular formula is C16H18O. The van der Waals surface area contributed by atoms with Crippen LogP contribution in [-0.4, -0.2) is 5.11 Å². The number of rotatable bonds is 1. The molecule has 1 aliphatic carbocycles. The Labute approximate surface area is 102 Å². The topological polar surface area (TPSA) is 20.2 Å². The molecule has 1 aliphatic rings. The van der Waals surface area contributed by atoms with Crippen LogP contribution in [0.2, 0.25) is 0 Å². The Balaban J connectivity index is 2.13. The van der Waals surface area contributed by atoms with E-state index in [1.54, 1.807) is 0 Å².